The van der Waals surface area contributed by atoms with Crippen LogP contribution in [0.3, 0.4) is 0 Å². The number of methoxy groups -OCH3 is 1. The lowest BCUT2D eigenvalue weighted by molar-refractivity contribution is 0.0448. The van der Waals surface area contributed by atoms with Crippen LogP contribution in [0, 0.1) is 16.7 Å². The van der Waals surface area contributed by atoms with Gasteiger partial charge in [0.05, 0.1) is 24.1 Å². The Morgan fingerprint density at radius 3 is 2.20 bits per heavy atom. The summed E-state index contributed by atoms with van der Waals surface area (Å²) in [6.45, 7) is 4.22. The van der Waals surface area contributed by atoms with Gasteiger partial charge in [0.1, 0.15) is 5.75 Å². The van der Waals surface area contributed by atoms with E-state index in [2.05, 4.69) is 48.2 Å². The molecule has 0 aromatic heterocycles. The summed E-state index contributed by atoms with van der Waals surface area (Å²) in [5, 5.41) is 9.98. The molecular formula is C30H37N3O2. The van der Waals surface area contributed by atoms with Crippen LogP contribution < -0.4 is 4.74 Å². The molecule has 0 radical (unpaired) electrons. The van der Waals surface area contributed by atoms with Crippen molar-refractivity contribution in [2.24, 2.45) is 5.41 Å². The van der Waals surface area contributed by atoms with Crippen LogP contribution in [0.5, 0.6) is 5.75 Å². The smallest absolute Gasteiger partial charge is 0.320 e. The Morgan fingerprint density at radius 2 is 1.66 bits per heavy atom. The third-order valence-corrected chi connectivity index (χ3v) is 9.30. The second-order valence-electron chi connectivity index (χ2n) is 11.0. The normalized spacial score (nSPS) is 27.5. The van der Waals surface area contributed by atoms with E-state index >= 15 is 0 Å². The zero-order valence-electron chi connectivity index (χ0n) is 21.1. The molecule has 5 nitrogen and oxygen atoms in total. The Kier molecular flexibility index (Phi) is 6.25. The van der Waals surface area contributed by atoms with E-state index in [0.717, 1.165) is 69.2 Å². The number of carbonyl (C=O) groups excluding carboxylic acids is 1. The molecule has 35 heavy (non-hydrogen) atoms. The molecule has 0 N–H and O–H groups in total. The maximum atomic E-state index is 13.9. The van der Waals surface area contributed by atoms with E-state index in [1.807, 2.05) is 29.2 Å². The first-order valence-electron chi connectivity index (χ1n) is 13.1. The van der Waals surface area contributed by atoms with Crippen LogP contribution in [0.25, 0.3) is 0 Å². The molecule has 2 aromatic rings. The lowest BCUT2D eigenvalue weighted by Gasteiger charge is -2.50. The molecule has 3 fully saturated rings. The first-order valence-corrected chi connectivity index (χ1v) is 13.1. The Hall–Kier alpha value is -3.00. The van der Waals surface area contributed by atoms with Gasteiger partial charge in [0, 0.05) is 19.6 Å². The van der Waals surface area contributed by atoms with Crippen molar-refractivity contribution < 1.29 is 9.53 Å². The third kappa shape index (κ3) is 4.18. The minimum absolute atomic E-state index is 0.103. The van der Waals surface area contributed by atoms with Gasteiger partial charge in [0.15, 0.2) is 0 Å². The van der Waals surface area contributed by atoms with Crippen molar-refractivity contribution in [3.05, 3.63) is 65.7 Å². The number of amides is 2. The highest BCUT2D eigenvalue weighted by atomic mass is 16.5. The average molecular weight is 472 g/mol. The standard InChI is InChI=1S/C30H37N3O2/c1-3-29(25-8-5-4-6-9-25)16-18-30(19-17-29)23-32(20-24-10-12-26(35-2)13-11-24)27(34)33(30)22-28(21-31)14-7-15-28/h4-6,8-13H,3,7,14-20,22-23H2,1-2H3. The fraction of sp³-hybridized carbons (Fsp3) is 0.533. The van der Waals surface area contributed by atoms with Gasteiger partial charge in [0.25, 0.3) is 0 Å². The van der Waals surface area contributed by atoms with Crippen LogP contribution >= 0.6 is 0 Å². The van der Waals surface area contributed by atoms with E-state index in [1.165, 1.54) is 5.56 Å². The summed E-state index contributed by atoms with van der Waals surface area (Å²) in [5.74, 6) is 0.824. The highest BCUT2D eigenvalue weighted by Gasteiger charge is 2.56. The minimum Gasteiger partial charge on any atom is -0.497 e. The van der Waals surface area contributed by atoms with Crippen molar-refractivity contribution in [2.45, 2.75) is 75.8 Å². The maximum absolute atomic E-state index is 13.9. The van der Waals surface area contributed by atoms with Crippen molar-refractivity contribution >= 4 is 6.03 Å². The van der Waals surface area contributed by atoms with Crippen molar-refractivity contribution in [3.63, 3.8) is 0 Å². The van der Waals surface area contributed by atoms with Crippen LogP contribution in [0.15, 0.2) is 54.6 Å². The van der Waals surface area contributed by atoms with E-state index in [-0.39, 0.29) is 22.4 Å². The summed E-state index contributed by atoms with van der Waals surface area (Å²) in [7, 11) is 1.67. The summed E-state index contributed by atoms with van der Waals surface area (Å²) in [6.07, 6.45) is 8.14. The molecule has 1 aliphatic heterocycles. The van der Waals surface area contributed by atoms with Gasteiger partial charge < -0.3 is 14.5 Å². The lowest BCUT2D eigenvalue weighted by Crippen LogP contribution is -2.56. The molecule has 5 rings (SSSR count). The van der Waals surface area contributed by atoms with Crippen LogP contribution in [0.1, 0.15) is 69.4 Å². The fourth-order valence-electron chi connectivity index (χ4n) is 6.66. The molecule has 2 saturated carbocycles. The molecule has 1 heterocycles. The second-order valence-corrected chi connectivity index (χ2v) is 11.0. The largest absolute Gasteiger partial charge is 0.497 e. The number of carbonyl (C=O) groups is 1. The van der Waals surface area contributed by atoms with Gasteiger partial charge in [-0.2, -0.15) is 5.26 Å². The monoisotopic (exact) mass is 471 g/mol. The van der Waals surface area contributed by atoms with Crippen molar-refractivity contribution in [1.29, 1.82) is 5.26 Å². The van der Waals surface area contributed by atoms with Crippen LogP contribution in [-0.2, 0) is 12.0 Å². The Labute approximate surface area is 209 Å². The number of benzene rings is 2. The molecule has 2 aliphatic carbocycles. The van der Waals surface area contributed by atoms with Crippen LogP contribution in [0.2, 0.25) is 0 Å². The molecule has 1 spiro atoms. The Morgan fingerprint density at radius 1 is 0.971 bits per heavy atom. The van der Waals surface area contributed by atoms with Gasteiger partial charge in [-0.05, 0) is 73.6 Å². The maximum Gasteiger partial charge on any atom is 0.320 e. The van der Waals surface area contributed by atoms with Crippen LogP contribution in [-0.4, -0.2) is 41.6 Å². The van der Waals surface area contributed by atoms with Gasteiger partial charge in [-0.25, -0.2) is 4.79 Å². The number of nitrogens with zero attached hydrogens (tertiary/aromatic N) is 3. The molecule has 184 valence electrons. The predicted octanol–water partition coefficient (Wildman–Crippen LogP) is 6.29. The zero-order valence-corrected chi connectivity index (χ0v) is 21.1. The molecule has 0 unspecified atom stereocenters. The van der Waals surface area contributed by atoms with Crippen molar-refractivity contribution in [2.75, 3.05) is 20.2 Å². The fourth-order valence-corrected chi connectivity index (χ4v) is 6.66. The minimum atomic E-state index is -0.364. The number of rotatable bonds is 7. The van der Waals surface area contributed by atoms with Gasteiger partial charge >= 0.3 is 6.03 Å². The summed E-state index contributed by atoms with van der Waals surface area (Å²) >= 11 is 0. The summed E-state index contributed by atoms with van der Waals surface area (Å²) in [6, 6.07) is 21.6. The molecule has 2 amide bonds. The van der Waals surface area contributed by atoms with Crippen molar-refractivity contribution in [1.82, 2.24) is 9.80 Å². The van der Waals surface area contributed by atoms with E-state index in [0.29, 0.717) is 13.1 Å². The lowest BCUT2D eigenvalue weighted by atomic mass is 9.62. The highest BCUT2D eigenvalue weighted by molar-refractivity contribution is 5.78. The number of hydrogen-bond donors (Lipinski definition) is 0. The highest BCUT2D eigenvalue weighted by Crippen LogP contribution is 2.51. The first-order chi connectivity index (χ1) is 17.0. The number of ether oxygens (including phenoxy) is 1. The third-order valence-electron chi connectivity index (χ3n) is 9.30. The number of hydrogen-bond acceptors (Lipinski definition) is 3. The van der Waals surface area contributed by atoms with E-state index in [1.54, 1.807) is 7.11 Å². The molecule has 0 atom stereocenters. The van der Waals surface area contributed by atoms with Crippen molar-refractivity contribution in [3.8, 4) is 11.8 Å². The SMILES string of the molecule is CCC1(c2ccccc2)CCC2(CC1)CN(Cc1ccc(OC)cc1)C(=O)N2CC1(C#N)CCC1. The second kappa shape index (κ2) is 9.22. The first kappa shape index (κ1) is 23.7. The summed E-state index contributed by atoms with van der Waals surface area (Å²) in [5.41, 5.74) is 2.16. The van der Waals surface area contributed by atoms with Crippen LogP contribution in [0.4, 0.5) is 4.79 Å². The summed E-state index contributed by atoms with van der Waals surface area (Å²) in [4.78, 5) is 18.0. The van der Waals surface area contributed by atoms with Gasteiger partial charge in [-0.1, -0.05) is 55.8 Å². The topological polar surface area (TPSA) is 56.6 Å². The van der Waals surface area contributed by atoms with E-state index in [9.17, 15) is 10.1 Å². The van der Waals surface area contributed by atoms with Gasteiger partial charge in [0.2, 0.25) is 0 Å². The molecule has 0 bridgehead atoms. The van der Waals surface area contributed by atoms with E-state index in [4.69, 9.17) is 4.74 Å². The summed E-state index contributed by atoms with van der Waals surface area (Å²) < 4.78 is 5.30. The quantitative estimate of drug-likeness (QED) is 0.477. The number of nitriles is 1. The van der Waals surface area contributed by atoms with Gasteiger partial charge in [-0.15, -0.1) is 0 Å². The molecule has 5 heteroatoms. The molecule has 2 aromatic carbocycles. The number of urea groups is 1. The molecular weight excluding hydrogens is 434 g/mol. The van der Waals surface area contributed by atoms with Gasteiger partial charge in [-0.3, -0.25) is 0 Å². The molecule has 1 saturated heterocycles. The zero-order chi connectivity index (χ0) is 24.5. The average Bonchev–Trinajstić information content (AvgIpc) is 3.13. The predicted molar refractivity (Wildman–Crippen MR) is 137 cm³/mol. The Balaban J connectivity index is 1.41. The molecule has 3 aliphatic rings. The Bertz CT molecular complexity index is 1080. The van der Waals surface area contributed by atoms with E-state index < -0.39 is 0 Å².